The summed E-state index contributed by atoms with van der Waals surface area (Å²) in [7, 11) is 1.58. The molecule has 0 bridgehead atoms. The first kappa shape index (κ1) is 9.81. The van der Waals surface area contributed by atoms with Crippen LogP contribution in [0.25, 0.3) is 0 Å². The van der Waals surface area contributed by atoms with Crippen LogP contribution in [0.2, 0.25) is 0 Å². The second kappa shape index (κ2) is 3.62. The van der Waals surface area contributed by atoms with E-state index in [1.807, 2.05) is 24.3 Å². The van der Waals surface area contributed by atoms with E-state index in [1.54, 1.807) is 14.0 Å². The van der Waals surface area contributed by atoms with Crippen molar-refractivity contribution in [2.75, 3.05) is 7.11 Å². The van der Waals surface area contributed by atoms with Gasteiger partial charge in [0, 0.05) is 5.56 Å². The van der Waals surface area contributed by atoms with Crippen LogP contribution in [0.4, 0.5) is 0 Å². The molecule has 0 spiro atoms. The zero-order chi connectivity index (χ0) is 9.90. The van der Waals surface area contributed by atoms with Crippen LogP contribution >= 0.6 is 0 Å². The Morgan fingerprint density at radius 3 is 2.62 bits per heavy atom. The van der Waals surface area contributed by atoms with Gasteiger partial charge in [0.1, 0.15) is 11.4 Å². The van der Waals surface area contributed by atoms with E-state index in [1.165, 1.54) is 6.08 Å². The van der Waals surface area contributed by atoms with E-state index in [0.29, 0.717) is 5.75 Å². The molecular formula is C11H14O2. The van der Waals surface area contributed by atoms with E-state index < -0.39 is 5.60 Å². The van der Waals surface area contributed by atoms with Gasteiger partial charge in [0.05, 0.1) is 7.11 Å². The number of para-hydroxylation sites is 1. The number of hydrogen-bond acceptors (Lipinski definition) is 2. The summed E-state index contributed by atoms with van der Waals surface area (Å²) in [6.07, 6.45) is 1.49. The third-order valence-corrected chi connectivity index (χ3v) is 2.05. The number of methoxy groups -OCH3 is 1. The van der Waals surface area contributed by atoms with Gasteiger partial charge in [0.2, 0.25) is 0 Å². The summed E-state index contributed by atoms with van der Waals surface area (Å²) in [5, 5.41) is 9.91. The lowest BCUT2D eigenvalue weighted by atomic mass is 9.95. The Kier molecular flexibility index (Phi) is 2.73. The fourth-order valence-corrected chi connectivity index (χ4v) is 1.17. The Labute approximate surface area is 78.5 Å². The summed E-state index contributed by atoms with van der Waals surface area (Å²) < 4.78 is 5.13. The van der Waals surface area contributed by atoms with Gasteiger partial charge in [-0.05, 0) is 13.0 Å². The van der Waals surface area contributed by atoms with E-state index in [0.717, 1.165) is 5.56 Å². The van der Waals surface area contributed by atoms with E-state index >= 15 is 0 Å². The maximum absolute atomic E-state index is 9.91. The quantitative estimate of drug-likeness (QED) is 0.718. The van der Waals surface area contributed by atoms with Crippen molar-refractivity contribution in [3.05, 3.63) is 42.5 Å². The Bertz CT molecular complexity index is 303. The van der Waals surface area contributed by atoms with Gasteiger partial charge in [-0.25, -0.2) is 0 Å². The highest BCUT2D eigenvalue weighted by molar-refractivity contribution is 5.39. The van der Waals surface area contributed by atoms with Crippen LogP contribution in [0.3, 0.4) is 0 Å². The zero-order valence-corrected chi connectivity index (χ0v) is 7.95. The van der Waals surface area contributed by atoms with Gasteiger partial charge in [0.25, 0.3) is 0 Å². The minimum Gasteiger partial charge on any atom is -0.496 e. The minimum atomic E-state index is -1.04. The fraction of sp³-hybridized carbons (Fsp3) is 0.273. The van der Waals surface area contributed by atoms with Crippen molar-refractivity contribution in [3.63, 3.8) is 0 Å². The molecule has 2 heteroatoms. The maximum Gasteiger partial charge on any atom is 0.125 e. The van der Waals surface area contributed by atoms with Gasteiger partial charge in [0.15, 0.2) is 0 Å². The SMILES string of the molecule is C=CC(C)(O)c1ccccc1OC. The normalized spacial score (nSPS) is 14.7. The molecule has 1 unspecified atom stereocenters. The molecule has 1 atom stereocenters. The topological polar surface area (TPSA) is 29.5 Å². The highest BCUT2D eigenvalue weighted by Crippen LogP contribution is 2.29. The van der Waals surface area contributed by atoms with Gasteiger partial charge in [-0.2, -0.15) is 0 Å². The van der Waals surface area contributed by atoms with E-state index in [2.05, 4.69) is 6.58 Å². The predicted molar refractivity (Wildman–Crippen MR) is 52.8 cm³/mol. The van der Waals surface area contributed by atoms with E-state index in [9.17, 15) is 5.11 Å². The number of benzene rings is 1. The molecule has 0 aliphatic heterocycles. The number of rotatable bonds is 3. The van der Waals surface area contributed by atoms with Gasteiger partial charge in [-0.1, -0.05) is 30.9 Å². The molecule has 2 nitrogen and oxygen atoms in total. The monoisotopic (exact) mass is 178 g/mol. The molecule has 0 fully saturated rings. The molecule has 1 aromatic rings. The highest BCUT2D eigenvalue weighted by Gasteiger charge is 2.21. The standard InChI is InChI=1S/C11H14O2/c1-4-11(2,12)9-7-5-6-8-10(9)13-3/h4-8,12H,1H2,2-3H3. The van der Waals surface area contributed by atoms with Gasteiger partial charge in [-0.15, -0.1) is 0 Å². The van der Waals surface area contributed by atoms with Crippen LogP contribution in [0.15, 0.2) is 36.9 Å². The van der Waals surface area contributed by atoms with Crippen molar-refractivity contribution in [1.29, 1.82) is 0 Å². The minimum absolute atomic E-state index is 0.674. The molecule has 1 rings (SSSR count). The smallest absolute Gasteiger partial charge is 0.125 e. The molecule has 70 valence electrons. The van der Waals surface area contributed by atoms with E-state index in [4.69, 9.17) is 4.74 Å². The Morgan fingerprint density at radius 1 is 1.46 bits per heavy atom. The Hall–Kier alpha value is -1.28. The van der Waals surface area contributed by atoms with Crippen molar-refractivity contribution >= 4 is 0 Å². The number of hydrogen-bond donors (Lipinski definition) is 1. The highest BCUT2D eigenvalue weighted by atomic mass is 16.5. The van der Waals surface area contributed by atoms with Crippen LogP contribution in [-0.4, -0.2) is 12.2 Å². The average Bonchev–Trinajstić information content (AvgIpc) is 2.18. The molecule has 1 aromatic carbocycles. The molecule has 0 radical (unpaired) electrons. The molecule has 0 heterocycles. The van der Waals surface area contributed by atoms with Crippen molar-refractivity contribution in [2.45, 2.75) is 12.5 Å². The van der Waals surface area contributed by atoms with Crippen LogP contribution in [0.1, 0.15) is 12.5 Å². The largest absolute Gasteiger partial charge is 0.496 e. The average molecular weight is 178 g/mol. The first-order chi connectivity index (χ1) is 6.11. The maximum atomic E-state index is 9.91. The number of aliphatic hydroxyl groups is 1. The zero-order valence-electron chi connectivity index (χ0n) is 7.95. The summed E-state index contributed by atoms with van der Waals surface area (Å²) in [5.41, 5.74) is -0.306. The number of ether oxygens (including phenoxy) is 1. The van der Waals surface area contributed by atoms with Crippen molar-refractivity contribution in [2.24, 2.45) is 0 Å². The second-order valence-electron chi connectivity index (χ2n) is 3.05. The lowest BCUT2D eigenvalue weighted by molar-refractivity contribution is 0.108. The van der Waals surface area contributed by atoms with Crippen LogP contribution < -0.4 is 4.74 Å². The predicted octanol–water partition coefficient (Wildman–Crippen LogP) is 2.09. The molecule has 0 aliphatic carbocycles. The molecular weight excluding hydrogens is 164 g/mol. The molecule has 0 aromatic heterocycles. The summed E-state index contributed by atoms with van der Waals surface area (Å²) in [5.74, 6) is 0.674. The summed E-state index contributed by atoms with van der Waals surface area (Å²) in [4.78, 5) is 0. The first-order valence-electron chi connectivity index (χ1n) is 4.11. The first-order valence-corrected chi connectivity index (χ1v) is 4.11. The molecule has 0 saturated carbocycles. The molecule has 1 N–H and O–H groups in total. The van der Waals surface area contributed by atoms with Crippen LogP contribution in [0, 0.1) is 0 Å². The van der Waals surface area contributed by atoms with Crippen molar-refractivity contribution in [3.8, 4) is 5.75 Å². The fourth-order valence-electron chi connectivity index (χ4n) is 1.17. The summed E-state index contributed by atoms with van der Waals surface area (Å²) in [6.45, 7) is 5.26. The third-order valence-electron chi connectivity index (χ3n) is 2.05. The third kappa shape index (κ3) is 1.90. The second-order valence-corrected chi connectivity index (χ2v) is 3.05. The van der Waals surface area contributed by atoms with E-state index in [-0.39, 0.29) is 0 Å². The summed E-state index contributed by atoms with van der Waals surface area (Å²) in [6, 6.07) is 7.35. The van der Waals surface area contributed by atoms with Gasteiger partial charge < -0.3 is 9.84 Å². The van der Waals surface area contributed by atoms with Gasteiger partial charge in [-0.3, -0.25) is 0 Å². The van der Waals surface area contributed by atoms with Crippen LogP contribution in [0.5, 0.6) is 5.75 Å². The molecule has 0 aliphatic rings. The molecule has 0 amide bonds. The summed E-state index contributed by atoms with van der Waals surface area (Å²) >= 11 is 0. The van der Waals surface area contributed by atoms with Crippen LogP contribution in [-0.2, 0) is 5.60 Å². The lowest BCUT2D eigenvalue weighted by Crippen LogP contribution is -2.18. The lowest BCUT2D eigenvalue weighted by Gasteiger charge is -2.21. The van der Waals surface area contributed by atoms with Crippen molar-refractivity contribution in [1.82, 2.24) is 0 Å². The Morgan fingerprint density at radius 2 is 2.08 bits per heavy atom. The van der Waals surface area contributed by atoms with Gasteiger partial charge >= 0.3 is 0 Å². The molecule has 13 heavy (non-hydrogen) atoms. The van der Waals surface area contributed by atoms with Crippen molar-refractivity contribution < 1.29 is 9.84 Å². The molecule has 0 saturated heterocycles. The Balaban J connectivity index is 3.20.